The fourth-order valence-corrected chi connectivity index (χ4v) is 11.2. The number of cyclic esters (lactones) is 1. The number of amides is 1. The van der Waals surface area contributed by atoms with E-state index in [1.54, 1.807) is 33.9 Å². The highest BCUT2D eigenvalue weighted by atomic mass is 16.7. The molecule has 1 aromatic heterocycles. The molecule has 376 valence electrons. The van der Waals surface area contributed by atoms with Crippen molar-refractivity contribution in [1.29, 1.82) is 0 Å². The highest BCUT2D eigenvalue weighted by molar-refractivity contribution is 5.92. The highest BCUT2D eigenvalue weighted by Crippen LogP contribution is 2.45. The summed E-state index contributed by atoms with van der Waals surface area (Å²) in [5.41, 5.74) is -2.17. The van der Waals surface area contributed by atoms with Gasteiger partial charge >= 0.3 is 12.1 Å². The normalized spacial score (nSPS) is 41.0. The van der Waals surface area contributed by atoms with E-state index in [0.717, 1.165) is 16.5 Å². The Kier molecular flexibility index (Phi) is 17.2. The molecule has 0 radical (unpaired) electrons. The van der Waals surface area contributed by atoms with Crippen LogP contribution in [0.4, 0.5) is 4.79 Å². The van der Waals surface area contributed by atoms with Crippen LogP contribution in [0.15, 0.2) is 36.5 Å². The van der Waals surface area contributed by atoms with Crippen LogP contribution < -0.4 is 10.6 Å². The zero-order valence-electron chi connectivity index (χ0n) is 41.9. The van der Waals surface area contributed by atoms with Crippen molar-refractivity contribution >= 4 is 28.7 Å². The molecule has 4 aliphatic rings. The van der Waals surface area contributed by atoms with Crippen LogP contribution >= 0.6 is 0 Å². The minimum absolute atomic E-state index is 0.0845. The Bertz CT molecular complexity index is 2000. The predicted octanol–water partition coefficient (Wildman–Crippen LogP) is 4.90. The smallest absolute Gasteiger partial charge is 0.407 e. The minimum Gasteiger partial charge on any atom is -0.459 e. The molecule has 1 amide bonds. The number of aliphatic hydroxyl groups excluding tert-OH is 1. The SMILES string of the molecule is CC[C@H]1OC(=O)[C@H](C)[C@@H](O[C@H]2C[C@@](C)(OC)C(OC(=O)NCCNCc3ccnc4ccccc34)[C@H](C)O2)[C@H](C)[C@@H](O[C@@H]2O[C@H](C)C[C@H](N(C)C)[C@H]2O)[C@@](C)(O)C[C@@H](C)[C@H]2O[C@]1(C)C(=O)[C@H]2C. The number of carbonyl (C=O) groups excluding carboxylic acids is 3. The van der Waals surface area contributed by atoms with E-state index in [2.05, 4.69) is 15.6 Å². The molecule has 2 bridgehead atoms. The van der Waals surface area contributed by atoms with Crippen LogP contribution in [0.3, 0.4) is 0 Å². The Morgan fingerprint density at radius 2 is 1.67 bits per heavy atom. The molecule has 4 saturated heterocycles. The maximum Gasteiger partial charge on any atom is 0.407 e. The second kappa shape index (κ2) is 21.7. The maximum atomic E-state index is 14.5. The van der Waals surface area contributed by atoms with Crippen molar-refractivity contribution in [2.45, 2.75) is 186 Å². The molecule has 2 aromatic rings. The first-order valence-corrected chi connectivity index (χ1v) is 24.2. The number of hydrogen-bond acceptors (Lipinski definition) is 16. The number of methoxy groups -OCH3 is 1. The van der Waals surface area contributed by atoms with Crippen LogP contribution in [0.5, 0.6) is 0 Å². The summed E-state index contributed by atoms with van der Waals surface area (Å²) in [6.07, 6.45) is -6.55. The molecule has 17 nitrogen and oxygen atoms in total. The first-order valence-electron chi connectivity index (χ1n) is 24.2. The number of para-hydroxylation sites is 1. The van der Waals surface area contributed by atoms with Crippen molar-refractivity contribution in [2.75, 3.05) is 34.3 Å². The van der Waals surface area contributed by atoms with Gasteiger partial charge in [0.05, 0.1) is 47.6 Å². The Labute approximate surface area is 396 Å². The number of ketones is 1. The summed E-state index contributed by atoms with van der Waals surface area (Å²) in [5.74, 6) is -3.51. The fraction of sp³-hybridized carbons (Fsp3) is 0.760. The molecule has 4 N–H and O–H groups in total. The lowest BCUT2D eigenvalue weighted by atomic mass is 9.75. The number of aromatic nitrogens is 1. The van der Waals surface area contributed by atoms with Crippen molar-refractivity contribution in [1.82, 2.24) is 20.5 Å². The second-order valence-corrected chi connectivity index (χ2v) is 20.5. The van der Waals surface area contributed by atoms with Gasteiger partial charge in [0.1, 0.15) is 17.8 Å². The van der Waals surface area contributed by atoms with Gasteiger partial charge in [-0.25, -0.2) is 4.79 Å². The summed E-state index contributed by atoms with van der Waals surface area (Å²) in [6, 6.07) is 9.60. The summed E-state index contributed by atoms with van der Waals surface area (Å²) in [4.78, 5) is 48.2. The van der Waals surface area contributed by atoms with Crippen molar-refractivity contribution in [3.63, 3.8) is 0 Å². The topological polar surface area (TPSA) is 206 Å². The van der Waals surface area contributed by atoms with Gasteiger partial charge in [0.25, 0.3) is 0 Å². The number of likely N-dealkylation sites (N-methyl/N-ethyl adjacent to an activating group) is 1. The van der Waals surface area contributed by atoms with Crippen molar-refractivity contribution < 1.29 is 62.5 Å². The van der Waals surface area contributed by atoms with Gasteiger partial charge in [-0.3, -0.25) is 14.6 Å². The standard InChI is InChI=1S/C50H78N4O13/c1-14-37-50(10)42(56)29(4)40(67-50)27(2)24-48(8,59)43(65-46-39(55)36(54(11)12)23-28(3)61-46)30(5)41(31(6)45(57)63-37)64-38-25-49(9,60-13)44(32(7)62-38)66-47(58)53-22-21-51-26-33-19-20-52-35-18-16-15-17-34(33)35/h15-20,27-32,36-41,43-44,46,51,55,59H,14,21-26H2,1-13H3,(H,53,58)/t27-,28-,29+,30+,31-,32+,36+,37-,38+,39-,40-,41+,43-,44?,46+,48+,49-,50+/m1/s1. The van der Waals surface area contributed by atoms with E-state index in [1.165, 1.54) is 7.11 Å². The fourth-order valence-electron chi connectivity index (χ4n) is 11.2. The Balaban J connectivity index is 1.22. The van der Waals surface area contributed by atoms with E-state index in [9.17, 15) is 24.6 Å². The summed E-state index contributed by atoms with van der Waals surface area (Å²) < 4.78 is 51.4. The third-order valence-corrected chi connectivity index (χ3v) is 14.9. The number of nitrogens with zero attached hydrogens (tertiary/aromatic N) is 2. The summed E-state index contributed by atoms with van der Waals surface area (Å²) >= 11 is 0. The van der Waals surface area contributed by atoms with Gasteiger partial charge in [0.15, 0.2) is 30.1 Å². The lowest BCUT2D eigenvalue weighted by molar-refractivity contribution is -0.317. The molecule has 6 rings (SSSR count). The summed E-state index contributed by atoms with van der Waals surface area (Å²) in [5, 5.41) is 31.7. The second-order valence-electron chi connectivity index (χ2n) is 20.5. The van der Waals surface area contributed by atoms with Gasteiger partial charge in [0.2, 0.25) is 0 Å². The lowest BCUT2D eigenvalue weighted by Gasteiger charge is -2.49. The van der Waals surface area contributed by atoms with Crippen LogP contribution in [0.25, 0.3) is 10.9 Å². The number of alkyl carbamates (subject to hydrolysis) is 1. The van der Waals surface area contributed by atoms with Gasteiger partial charge in [0, 0.05) is 62.6 Å². The van der Waals surface area contributed by atoms with Crippen LogP contribution in [-0.4, -0.2) is 156 Å². The number of rotatable bonds is 13. The van der Waals surface area contributed by atoms with E-state index < -0.39 is 102 Å². The maximum absolute atomic E-state index is 14.5. The summed E-state index contributed by atoms with van der Waals surface area (Å²) in [6.45, 7) is 19.3. The number of pyridine rings is 1. The van der Waals surface area contributed by atoms with E-state index in [4.69, 9.17) is 37.9 Å². The van der Waals surface area contributed by atoms with Crippen LogP contribution in [-0.2, 0) is 54.0 Å². The van der Waals surface area contributed by atoms with Crippen molar-refractivity contribution in [3.8, 4) is 0 Å². The molecule has 4 aliphatic heterocycles. The number of esters is 1. The number of carbonyl (C=O) groups is 3. The number of ether oxygens (including phenoxy) is 8. The van der Waals surface area contributed by atoms with Gasteiger partial charge < -0.3 is 63.6 Å². The van der Waals surface area contributed by atoms with Gasteiger partial charge in [-0.05, 0) is 98.5 Å². The van der Waals surface area contributed by atoms with Crippen molar-refractivity contribution in [2.24, 2.45) is 23.7 Å². The molecule has 0 aliphatic carbocycles. The number of aliphatic hydroxyl groups is 2. The molecule has 4 fully saturated rings. The van der Waals surface area contributed by atoms with E-state index in [0.29, 0.717) is 32.5 Å². The minimum atomic E-state index is -1.65. The number of Topliss-reactive ketones (excluding diaryl/α,β-unsaturated/α-hetero) is 1. The molecule has 0 spiro atoms. The molecule has 0 saturated carbocycles. The average molecular weight is 943 g/mol. The predicted molar refractivity (Wildman–Crippen MR) is 249 cm³/mol. The van der Waals surface area contributed by atoms with Gasteiger partial charge in [-0.2, -0.15) is 0 Å². The monoisotopic (exact) mass is 943 g/mol. The molecule has 18 atom stereocenters. The largest absolute Gasteiger partial charge is 0.459 e. The number of fused-ring (bicyclic) bond motifs is 3. The Morgan fingerprint density at radius 3 is 2.36 bits per heavy atom. The molecule has 5 heterocycles. The zero-order chi connectivity index (χ0) is 49.2. The molecule has 1 aromatic carbocycles. The van der Waals surface area contributed by atoms with E-state index >= 15 is 0 Å². The highest BCUT2D eigenvalue weighted by Gasteiger charge is 2.59. The molecular formula is C50H78N4O13. The molecule has 17 heteroatoms. The number of benzene rings is 1. The number of hydrogen-bond donors (Lipinski definition) is 4. The van der Waals surface area contributed by atoms with E-state index in [1.807, 2.05) is 90.9 Å². The average Bonchev–Trinajstić information content (AvgIpc) is 3.52. The Morgan fingerprint density at radius 1 is 0.955 bits per heavy atom. The first kappa shape index (κ1) is 53.0. The Hall–Kier alpha value is -3.36. The molecular weight excluding hydrogens is 865 g/mol. The number of nitrogens with one attached hydrogen (secondary N) is 2. The van der Waals surface area contributed by atoms with Gasteiger partial charge in [-0.1, -0.05) is 45.9 Å². The molecule has 67 heavy (non-hydrogen) atoms. The quantitative estimate of drug-likeness (QED) is 0.156. The van der Waals surface area contributed by atoms with Crippen molar-refractivity contribution in [3.05, 3.63) is 42.1 Å². The van der Waals surface area contributed by atoms with Crippen LogP contribution in [0.2, 0.25) is 0 Å². The first-order chi connectivity index (χ1) is 31.5. The zero-order valence-corrected chi connectivity index (χ0v) is 41.9. The van der Waals surface area contributed by atoms with Gasteiger partial charge in [-0.15, -0.1) is 0 Å². The molecule has 1 unspecified atom stereocenters. The van der Waals surface area contributed by atoms with Crippen LogP contribution in [0.1, 0.15) is 100 Å². The van der Waals surface area contributed by atoms with E-state index in [-0.39, 0.29) is 36.7 Å². The third-order valence-electron chi connectivity index (χ3n) is 14.9. The van der Waals surface area contributed by atoms with Crippen LogP contribution in [0, 0.1) is 23.7 Å². The third kappa shape index (κ3) is 11.5. The lowest BCUT2D eigenvalue weighted by Crippen LogP contribution is -2.61. The summed E-state index contributed by atoms with van der Waals surface area (Å²) in [7, 11) is 5.29.